The lowest BCUT2D eigenvalue weighted by atomic mass is 10.2. The van der Waals surface area contributed by atoms with Gasteiger partial charge in [0.25, 0.3) is 0 Å². The van der Waals surface area contributed by atoms with Crippen LogP contribution in [-0.2, 0) is 0 Å². The van der Waals surface area contributed by atoms with Gasteiger partial charge < -0.3 is 10.5 Å². The van der Waals surface area contributed by atoms with Crippen LogP contribution in [0.1, 0.15) is 13.3 Å². The summed E-state index contributed by atoms with van der Waals surface area (Å²) in [6.45, 7) is 2.48. The minimum Gasteiger partial charge on any atom is -0.491 e. The van der Waals surface area contributed by atoms with Crippen molar-refractivity contribution in [2.45, 2.75) is 13.3 Å². The summed E-state index contributed by atoms with van der Waals surface area (Å²) in [6, 6.07) is 5.08. The van der Waals surface area contributed by atoms with E-state index in [1.54, 1.807) is 24.4 Å². The second-order valence-corrected chi connectivity index (χ2v) is 4.59. The molecule has 90 valence electrons. The van der Waals surface area contributed by atoms with Crippen molar-refractivity contribution in [3.8, 4) is 16.2 Å². The number of hydrogen-bond acceptors (Lipinski definition) is 4. The van der Waals surface area contributed by atoms with Gasteiger partial charge in [-0.25, -0.2) is 9.37 Å². The molecule has 1 aromatic heterocycles. The summed E-state index contributed by atoms with van der Waals surface area (Å²) < 4.78 is 19.4. The van der Waals surface area contributed by atoms with Crippen LogP contribution in [0.5, 0.6) is 5.75 Å². The number of halogens is 1. The van der Waals surface area contributed by atoms with Gasteiger partial charge in [-0.3, -0.25) is 0 Å². The molecule has 0 spiro atoms. The van der Waals surface area contributed by atoms with Crippen molar-refractivity contribution >= 4 is 16.5 Å². The number of nitrogens with two attached hydrogens (primary N) is 1. The number of rotatable bonds is 4. The van der Waals surface area contributed by atoms with Crippen molar-refractivity contribution in [1.82, 2.24) is 4.98 Å². The van der Waals surface area contributed by atoms with E-state index in [-0.39, 0.29) is 11.6 Å². The normalized spacial score (nSPS) is 10.5. The van der Waals surface area contributed by atoms with Gasteiger partial charge in [-0.1, -0.05) is 30.4 Å². The highest BCUT2D eigenvalue weighted by Gasteiger charge is 2.12. The third-order valence-electron chi connectivity index (χ3n) is 2.21. The van der Waals surface area contributed by atoms with Gasteiger partial charge in [0.15, 0.2) is 16.7 Å². The average molecular weight is 252 g/mol. The highest BCUT2D eigenvalue weighted by molar-refractivity contribution is 7.18. The Morgan fingerprint density at radius 1 is 1.47 bits per heavy atom. The number of ether oxygens (including phenoxy) is 1. The Morgan fingerprint density at radius 3 is 2.94 bits per heavy atom. The molecule has 17 heavy (non-hydrogen) atoms. The number of aromatic nitrogens is 1. The zero-order valence-corrected chi connectivity index (χ0v) is 10.3. The van der Waals surface area contributed by atoms with Gasteiger partial charge in [-0.05, 0) is 12.5 Å². The molecule has 0 saturated heterocycles. The Morgan fingerprint density at radius 2 is 2.29 bits per heavy atom. The molecule has 0 bridgehead atoms. The molecular formula is C12H13FN2OS. The third-order valence-corrected chi connectivity index (χ3v) is 3.07. The summed E-state index contributed by atoms with van der Waals surface area (Å²) in [6.07, 6.45) is 2.42. The van der Waals surface area contributed by atoms with Crippen LogP contribution < -0.4 is 10.5 Å². The number of benzene rings is 1. The maximum absolute atomic E-state index is 14.1. The maximum atomic E-state index is 14.1. The molecule has 5 heteroatoms. The fourth-order valence-electron chi connectivity index (χ4n) is 1.44. The fourth-order valence-corrected chi connectivity index (χ4v) is 2.14. The molecule has 1 heterocycles. The smallest absolute Gasteiger partial charge is 0.180 e. The second kappa shape index (κ2) is 5.14. The Hall–Kier alpha value is -1.62. The molecule has 3 nitrogen and oxygen atoms in total. The fraction of sp³-hybridized carbons (Fsp3) is 0.250. The molecule has 1 aromatic carbocycles. The van der Waals surface area contributed by atoms with Crippen LogP contribution in [-0.4, -0.2) is 11.6 Å². The summed E-state index contributed by atoms with van der Waals surface area (Å²) in [5, 5.41) is 0.430. The van der Waals surface area contributed by atoms with E-state index >= 15 is 0 Å². The van der Waals surface area contributed by atoms with E-state index in [1.807, 2.05) is 6.92 Å². The molecule has 0 amide bonds. The minimum atomic E-state index is -0.357. The molecule has 2 rings (SSSR count). The molecule has 0 unspecified atom stereocenters. The SMILES string of the molecule is CCCOc1cccc(-c2cnc(N)s2)c1F. The van der Waals surface area contributed by atoms with E-state index in [0.717, 1.165) is 6.42 Å². The summed E-state index contributed by atoms with van der Waals surface area (Å²) in [5.74, 6) is -0.0825. The Balaban J connectivity index is 2.35. The van der Waals surface area contributed by atoms with E-state index < -0.39 is 0 Å². The molecular weight excluding hydrogens is 239 g/mol. The number of nitrogens with zero attached hydrogens (tertiary/aromatic N) is 1. The van der Waals surface area contributed by atoms with Crippen LogP contribution >= 0.6 is 11.3 Å². The lowest BCUT2D eigenvalue weighted by molar-refractivity contribution is 0.302. The number of nitrogen functional groups attached to an aromatic ring is 1. The van der Waals surface area contributed by atoms with Gasteiger partial charge in [0.1, 0.15) is 0 Å². The highest BCUT2D eigenvalue weighted by atomic mass is 32.1. The van der Waals surface area contributed by atoms with Crippen molar-refractivity contribution in [3.63, 3.8) is 0 Å². The minimum absolute atomic E-state index is 0.274. The molecule has 0 radical (unpaired) electrons. The Kier molecular flexibility index (Phi) is 3.58. The average Bonchev–Trinajstić information content (AvgIpc) is 2.74. The molecule has 0 aliphatic heterocycles. The van der Waals surface area contributed by atoms with E-state index in [9.17, 15) is 4.39 Å². The van der Waals surface area contributed by atoms with Crippen molar-refractivity contribution < 1.29 is 9.13 Å². The predicted octanol–water partition coefficient (Wildman–Crippen LogP) is 3.32. The zero-order chi connectivity index (χ0) is 12.3. The summed E-state index contributed by atoms with van der Waals surface area (Å²) in [5.41, 5.74) is 6.02. The lowest BCUT2D eigenvalue weighted by Crippen LogP contribution is -1.98. The molecule has 2 aromatic rings. The first-order valence-electron chi connectivity index (χ1n) is 5.35. The van der Waals surface area contributed by atoms with Crippen LogP contribution in [0, 0.1) is 5.82 Å². The van der Waals surface area contributed by atoms with Gasteiger partial charge in [0.05, 0.1) is 11.5 Å². The van der Waals surface area contributed by atoms with Gasteiger partial charge >= 0.3 is 0 Å². The second-order valence-electron chi connectivity index (χ2n) is 3.53. The topological polar surface area (TPSA) is 48.1 Å². The van der Waals surface area contributed by atoms with Crippen molar-refractivity contribution in [2.24, 2.45) is 0 Å². The van der Waals surface area contributed by atoms with E-state index in [0.29, 0.717) is 22.2 Å². The Bertz CT molecular complexity index is 513. The Labute approximate surface area is 103 Å². The van der Waals surface area contributed by atoms with E-state index in [4.69, 9.17) is 10.5 Å². The summed E-state index contributed by atoms with van der Waals surface area (Å²) in [4.78, 5) is 4.62. The van der Waals surface area contributed by atoms with Gasteiger partial charge in [-0.15, -0.1) is 0 Å². The summed E-state index contributed by atoms with van der Waals surface area (Å²) in [7, 11) is 0. The van der Waals surface area contributed by atoms with Crippen LogP contribution in [0.3, 0.4) is 0 Å². The number of thiazole rings is 1. The van der Waals surface area contributed by atoms with Crippen molar-refractivity contribution in [2.75, 3.05) is 12.3 Å². The first-order chi connectivity index (χ1) is 8.22. The zero-order valence-electron chi connectivity index (χ0n) is 9.44. The van der Waals surface area contributed by atoms with Crippen LogP contribution in [0.2, 0.25) is 0 Å². The third kappa shape index (κ3) is 2.55. The maximum Gasteiger partial charge on any atom is 0.180 e. The van der Waals surface area contributed by atoms with Gasteiger partial charge in [0.2, 0.25) is 0 Å². The van der Waals surface area contributed by atoms with Gasteiger partial charge in [0, 0.05) is 11.8 Å². The summed E-state index contributed by atoms with van der Waals surface area (Å²) >= 11 is 1.26. The monoisotopic (exact) mass is 252 g/mol. The van der Waals surface area contributed by atoms with E-state index in [2.05, 4.69) is 4.98 Å². The van der Waals surface area contributed by atoms with Crippen molar-refractivity contribution in [3.05, 3.63) is 30.2 Å². The largest absolute Gasteiger partial charge is 0.491 e. The van der Waals surface area contributed by atoms with Crippen molar-refractivity contribution in [1.29, 1.82) is 0 Å². The first-order valence-corrected chi connectivity index (χ1v) is 6.17. The van der Waals surface area contributed by atoms with E-state index in [1.165, 1.54) is 11.3 Å². The highest BCUT2D eigenvalue weighted by Crippen LogP contribution is 2.33. The predicted molar refractivity (Wildman–Crippen MR) is 67.7 cm³/mol. The van der Waals surface area contributed by atoms with Gasteiger partial charge in [-0.2, -0.15) is 0 Å². The molecule has 0 atom stereocenters. The number of hydrogen-bond donors (Lipinski definition) is 1. The van der Waals surface area contributed by atoms with Crippen LogP contribution in [0.15, 0.2) is 24.4 Å². The molecule has 2 N–H and O–H groups in total. The first kappa shape index (κ1) is 11.9. The molecule has 0 saturated carbocycles. The molecule has 0 aliphatic rings. The molecule has 0 aliphatic carbocycles. The quantitative estimate of drug-likeness (QED) is 0.908. The lowest BCUT2D eigenvalue weighted by Gasteiger charge is -2.08. The molecule has 0 fully saturated rings. The van der Waals surface area contributed by atoms with Crippen LogP contribution in [0.25, 0.3) is 10.4 Å². The standard InChI is InChI=1S/C12H13FN2OS/c1-2-6-16-9-5-3-4-8(11(9)13)10-7-15-12(14)17-10/h3-5,7H,2,6H2,1H3,(H2,14,15). The number of anilines is 1. The van der Waals surface area contributed by atoms with Crippen LogP contribution in [0.4, 0.5) is 9.52 Å².